The van der Waals surface area contributed by atoms with Crippen molar-refractivity contribution < 1.29 is 9.53 Å². The quantitative estimate of drug-likeness (QED) is 0.913. The van der Waals surface area contributed by atoms with E-state index in [1.165, 1.54) is 0 Å². The van der Waals surface area contributed by atoms with Gasteiger partial charge < -0.3 is 10.1 Å². The minimum absolute atomic E-state index is 0.245. The van der Waals surface area contributed by atoms with Crippen molar-refractivity contribution >= 4 is 6.09 Å². The van der Waals surface area contributed by atoms with Crippen molar-refractivity contribution in [2.45, 2.75) is 13.0 Å². The number of carbonyl (C=O) groups excluding carboxylic acids is 1. The van der Waals surface area contributed by atoms with Crippen molar-refractivity contribution in [3.8, 4) is 6.07 Å². The number of carbonyl (C=O) groups is 1. The van der Waals surface area contributed by atoms with Crippen molar-refractivity contribution in [3.63, 3.8) is 0 Å². The van der Waals surface area contributed by atoms with E-state index in [0.29, 0.717) is 18.7 Å². The van der Waals surface area contributed by atoms with Crippen LogP contribution in [0.1, 0.15) is 17.0 Å². The lowest BCUT2D eigenvalue weighted by molar-refractivity contribution is 0.140. The summed E-state index contributed by atoms with van der Waals surface area (Å²) in [5.74, 6) is 0. The monoisotopic (exact) mass is 281 g/mol. The molecule has 0 unspecified atom stereocenters. The van der Waals surface area contributed by atoms with Crippen LogP contribution in [-0.4, -0.2) is 17.6 Å². The lowest BCUT2D eigenvalue weighted by Crippen LogP contribution is -2.26. The van der Waals surface area contributed by atoms with Gasteiger partial charge in [-0.05, 0) is 17.7 Å². The summed E-state index contributed by atoms with van der Waals surface area (Å²) >= 11 is 0. The van der Waals surface area contributed by atoms with Crippen LogP contribution in [0.4, 0.5) is 4.79 Å². The van der Waals surface area contributed by atoms with Crippen molar-refractivity contribution in [2.75, 3.05) is 6.54 Å². The number of rotatable bonds is 5. The third-order valence-electron chi connectivity index (χ3n) is 2.78. The average Bonchev–Trinajstić information content (AvgIpc) is 2.54. The number of nitriles is 1. The molecule has 5 nitrogen and oxygen atoms in total. The predicted molar refractivity (Wildman–Crippen MR) is 77.3 cm³/mol. The molecule has 1 N–H and O–H groups in total. The van der Waals surface area contributed by atoms with E-state index < -0.39 is 6.09 Å². The zero-order valence-electron chi connectivity index (χ0n) is 11.5. The Morgan fingerprint density at radius 2 is 2.00 bits per heavy atom. The van der Waals surface area contributed by atoms with E-state index in [4.69, 9.17) is 10.00 Å². The fourth-order valence-electron chi connectivity index (χ4n) is 1.75. The zero-order valence-corrected chi connectivity index (χ0v) is 11.5. The summed E-state index contributed by atoms with van der Waals surface area (Å²) in [5, 5.41) is 11.4. The van der Waals surface area contributed by atoms with Crippen molar-refractivity contribution in [2.24, 2.45) is 0 Å². The van der Waals surface area contributed by atoms with E-state index in [1.807, 2.05) is 42.5 Å². The molecule has 0 fully saturated rings. The van der Waals surface area contributed by atoms with E-state index in [1.54, 1.807) is 12.1 Å². The van der Waals surface area contributed by atoms with Crippen LogP contribution in [0.25, 0.3) is 0 Å². The van der Waals surface area contributed by atoms with Gasteiger partial charge in [0, 0.05) is 18.7 Å². The first-order chi connectivity index (χ1) is 10.3. The number of nitrogens with one attached hydrogen (secondary N) is 1. The first-order valence-corrected chi connectivity index (χ1v) is 6.58. The van der Waals surface area contributed by atoms with Gasteiger partial charge in [0.05, 0.1) is 0 Å². The molecule has 0 aliphatic rings. The average molecular weight is 281 g/mol. The molecule has 1 aromatic heterocycles. The summed E-state index contributed by atoms with van der Waals surface area (Å²) < 4.78 is 5.09. The number of pyridine rings is 1. The van der Waals surface area contributed by atoms with Gasteiger partial charge in [-0.1, -0.05) is 36.4 Å². The highest BCUT2D eigenvalue weighted by atomic mass is 16.5. The molecule has 0 saturated carbocycles. The normalized spacial score (nSPS) is 9.67. The number of alkyl carbamates (subject to hydrolysis) is 1. The molecule has 1 amide bonds. The molecule has 1 aromatic carbocycles. The van der Waals surface area contributed by atoms with Gasteiger partial charge in [-0.15, -0.1) is 0 Å². The number of benzene rings is 1. The van der Waals surface area contributed by atoms with E-state index in [2.05, 4.69) is 10.3 Å². The van der Waals surface area contributed by atoms with E-state index in [-0.39, 0.29) is 6.61 Å². The van der Waals surface area contributed by atoms with Crippen LogP contribution in [0.5, 0.6) is 0 Å². The molecule has 106 valence electrons. The third-order valence-corrected chi connectivity index (χ3v) is 2.78. The molecule has 0 spiro atoms. The molecule has 0 atom stereocenters. The Labute approximate surface area is 123 Å². The topological polar surface area (TPSA) is 75.0 Å². The van der Waals surface area contributed by atoms with Gasteiger partial charge >= 0.3 is 6.09 Å². The standard InChI is InChI=1S/C16H15N3O2/c17-11-15-8-4-7-14(19-15)9-10-18-16(20)21-12-13-5-2-1-3-6-13/h1-8H,9-10,12H2,(H,18,20). The molecule has 0 aliphatic heterocycles. The van der Waals surface area contributed by atoms with Crippen molar-refractivity contribution in [1.82, 2.24) is 10.3 Å². The largest absolute Gasteiger partial charge is 0.445 e. The summed E-state index contributed by atoms with van der Waals surface area (Å²) in [4.78, 5) is 15.7. The highest BCUT2D eigenvalue weighted by Crippen LogP contribution is 2.01. The predicted octanol–water partition coefficient (Wildman–Crippen LogP) is 2.42. The molecule has 21 heavy (non-hydrogen) atoms. The van der Waals surface area contributed by atoms with Crippen LogP contribution >= 0.6 is 0 Å². The molecule has 5 heteroatoms. The van der Waals surface area contributed by atoms with Crippen LogP contribution in [0.2, 0.25) is 0 Å². The van der Waals surface area contributed by atoms with Crippen LogP contribution < -0.4 is 5.32 Å². The Kier molecular flexibility index (Phi) is 5.30. The summed E-state index contributed by atoms with van der Waals surface area (Å²) in [5.41, 5.74) is 2.08. The molecule has 0 saturated heterocycles. The summed E-state index contributed by atoms with van der Waals surface area (Å²) in [6.07, 6.45) is 0.0889. The van der Waals surface area contributed by atoms with Crippen LogP contribution in [0.15, 0.2) is 48.5 Å². The number of hydrogen-bond acceptors (Lipinski definition) is 4. The maximum atomic E-state index is 11.5. The molecular weight excluding hydrogens is 266 g/mol. The lowest BCUT2D eigenvalue weighted by atomic mass is 10.2. The van der Waals surface area contributed by atoms with Crippen LogP contribution in [-0.2, 0) is 17.8 Å². The first kappa shape index (κ1) is 14.5. The minimum atomic E-state index is -0.463. The van der Waals surface area contributed by atoms with Gasteiger partial charge in [0.2, 0.25) is 0 Å². The van der Waals surface area contributed by atoms with E-state index in [0.717, 1.165) is 11.3 Å². The SMILES string of the molecule is N#Cc1cccc(CCNC(=O)OCc2ccccc2)n1. The Morgan fingerprint density at radius 3 is 2.76 bits per heavy atom. The second-order valence-corrected chi connectivity index (χ2v) is 4.36. The molecular formula is C16H15N3O2. The van der Waals surface area contributed by atoms with Gasteiger partial charge in [0.1, 0.15) is 18.4 Å². The fourth-order valence-corrected chi connectivity index (χ4v) is 1.75. The summed E-state index contributed by atoms with van der Waals surface area (Å²) in [7, 11) is 0. The van der Waals surface area contributed by atoms with Gasteiger partial charge in [-0.3, -0.25) is 0 Å². The molecule has 1 heterocycles. The number of nitrogens with zero attached hydrogens (tertiary/aromatic N) is 2. The number of amides is 1. The van der Waals surface area contributed by atoms with Gasteiger partial charge in [0.15, 0.2) is 0 Å². The van der Waals surface area contributed by atoms with Crippen LogP contribution in [0.3, 0.4) is 0 Å². The second-order valence-electron chi connectivity index (χ2n) is 4.36. The van der Waals surface area contributed by atoms with Gasteiger partial charge in [0.25, 0.3) is 0 Å². The van der Waals surface area contributed by atoms with Gasteiger partial charge in [-0.2, -0.15) is 5.26 Å². The Balaban J connectivity index is 1.71. The van der Waals surface area contributed by atoms with E-state index in [9.17, 15) is 4.79 Å². The Bertz CT molecular complexity index is 635. The third kappa shape index (κ3) is 4.96. The smallest absolute Gasteiger partial charge is 0.407 e. The molecule has 0 bridgehead atoms. The van der Waals surface area contributed by atoms with Gasteiger partial charge in [-0.25, -0.2) is 9.78 Å². The second kappa shape index (κ2) is 7.65. The van der Waals surface area contributed by atoms with Crippen molar-refractivity contribution in [3.05, 3.63) is 65.5 Å². The fraction of sp³-hybridized carbons (Fsp3) is 0.188. The lowest BCUT2D eigenvalue weighted by Gasteiger charge is -2.07. The Hall–Kier alpha value is -2.87. The van der Waals surface area contributed by atoms with Crippen LogP contribution in [0, 0.1) is 11.3 Å². The highest BCUT2D eigenvalue weighted by Gasteiger charge is 2.03. The number of ether oxygens (including phenoxy) is 1. The number of hydrogen-bond donors (Lipinski definition) is 1. The molecule has 2 rings (SSSR count). The molecule has 2 aromatic rings. The maximum absolute atomic E-state index is 11.5. The summed E-state index contributed by atoms with van der Waals surface area (Å²) in [6, 6.07) is 16.7. The van der Waals surface area contributed by atoms with Crippen molar-refractivity contribution in [1.29, 1.82) is 5.26 Å². The first-order valence-electron chi connectivity index (χ1n) is 6.58. The summed E-state index contributed by atoms with van der Waals surface area (Å²) in [6.45, 7) is 0.657. The zero-order chi connectivity index (χ0) is 14.9. The molecule has 0 aliphatic carbocycles. The Morgan fingerprint density at radius 1 is 1.19 bits per heavy atom. The number of aromatic nitrogens is 1. The maximum Gasteiger partial charge on any atom is 0.407 e. The minimum Gasteiger partial charge on any atom is -0.445 e. The molecule has 0 radical (unpaired) electrons. The highest BCUT2D eigenvalue weighted by molar-refractivity contribution is 5.67. The van der Waals surface area contributed by atoms with E-state index >= 15 is 0 Å².